The lowest BCUT2D eigenvalue weighted by atomic mass is 10.0. The maximum atomic E-state index is 13.0. The first-order chi connectivity index (χ1) is 12.1. The van der Waals surface area contributed by atoms with Gasteiger partial charge in [-0.05, 0) is 30.0 Å². The second kappa shape index (κ2) is 9.02. The van der Waals surface area contributed by atoms with E-state index in [4.69, 9.17) is 0 Å². The monoisotopic (exact) mass is 338 g/mol. The average molecular weight is 338 g/mol. The molecule has 0 saturated heterocycles. The fourth-order valence-corrected chi connectivity index (χ4v) is 2.93. The largest absolute Gasteiger partial charge is 0.357 e. The van der Waals surface area contributed by atoms with Gasteiger partial charge in [0.15, 0.2) is 0 Å². The van der Waals surface area contributed by atoms with E-state index in [0.717, 1.165) is 16.7 Å². The molecule has 0 radical (unpaired) electrons. The van der Waals surface area contributed by atoms with Crippen LogP contribution in [-0.4, -0.2) is 29.8 Å². The summed E-state index contributed by atoms with van der Waals surface area (Å²) in [6.45, 7) is 4.39. The Morgan fingerprint density at radius 2 is 1.68 bits per heavy atom. The SMILES string of the molecule is CC[C@@H](C(=O)NC)N(Cc1ccccc1C)C(=O)Cc1ccccc1. The van der Waals surface area contributed by atoms with Gasteiger partial charge in [-0.2, -0.15) is 0 Å². The van der Waals surface area contributed by atoms with Gasteiger partial charge >= 0.3 is 0 Å². The second-order valence-electron chi connectivity index (χ2n) is 6.15. The van der Waals surface area contributed by atoms with Crippen LogP contribution in [-0.2, 0) is 22.6 Å². The molecule has 1 N–H and O–H groups in total. The third-order valence-electron chi connectivity index (χ3n) is 4.43. The summed E-state index contributed by atoms with van der Waals surface area (Å²) >= 11 is 0. The quantitative estimate of drug-likeness (QED) is 0.843. The molecule has 2 amide bonds. The van der Waals surface area contributed by atoms with E-state index in [1.807, 2.05) is 68.4 Å². The van der Waals surface area contributed by atoms with E-state index in [1.165, 1.54) is 0 Å². The molecule has 1 atom stereocenters. The van der Waals surface area contributed by atoms with Crippen LogP contribution in [0.2, 0.25) is 0 Å². The molecule has 4 nitrogen and oxygen atoms in total. The predicted octanol–water partition coefficient (Wildman–Crippen LogP) is 3.09. The summed E-state index contributed by atoms with van der Waals surface area (Å²) < 4.78 is 0. The lowest BCUT2D eigenvalue weighted by Crippen LogP contribution is -2.48. The number of benzene rings is 2. The highest BCUT2D eigenvalue weighted by Gasteiger charge is 2.28. The molecule has 2 aromatic rings. The lowest BCUT2D eigenvalue weighted by molar-refractivity contribution is -0.140. The molecule has 2 rings (SSSR count). The molecular weight excluding hydrogens is 312 g/mol. The Balaban J connectivity index is 2.29. The van der Waals surface area contributed by atoms with Gasteiger partial charge in [-0.25, -0.2) is 0 Å². The number of hydrogen-bond acceptors (Lipinski definition) is 2. The van der Waals surface area contributed by atoms with Crippen molar-refractivity contribution in [3.63, 3.8) is 0 Å². The minimum atomic E-state index is -0.471. The van der Waals surface area contributed by atoms with E-state index < -0.39 is 6.04 Å². The van der Waals surface area contributed by atoms with Crippen LogP contribution in [0.25, 0.3) is 0 Å². The zero-order chi connectivity index (χ0) is 18.2. The number of amides is 2. The molecule has 0 saturated carbocycles. The molecule has 0 aliphatic rings. The number of hydrogen-bond donors (Lipinski definition) is 1. The fourth-order valence-electron chi connectivity index (χ4n) is 2.93. The fraction of sp³-hybridized carbons (Fsp3) is 0.333. The summed E-state index contributed by atoms with van der Waals surface area (Å²) in [5.41, 5.74) is 3.13. The number of nitrogens with zero attached hydrogens (tertiary/aromatic N) is 1. The highest BCUT2D eigenvalue weighted by molar-refractivity contribution is 5.88. The Hall–Kier alpha value is -2.62. The summed E-state index contributed by atoms with van der Waals surface area (Å²) in [7, 11) is 1.61. The summed E-state index contributed by atoms with van der Waals surface area (Å²) in [5.74, 6) is -0.164. The van der Waals surface area contributed by atoms with Gasteiger partial charge in [-0.3, -0.25) is 9.59 Å². The van der Waals surface area contributed by atoms with Crippen molar-refractivity contribution in [2.24, 2.45) is 0 Å². The first-order valence-corrected chi connectivity index (χ1v) is 8.66. The molecule has 25 heavy (non-hydrogen) atoms. The van der Waals surface area contributed by atoms with E-state index in [2.05, 4.69) is 5.32 Å². The number of carbonyl (C=O) groups excluding carboxylic acids is 2. The Bertz CT molecular complexity index is 713. The van der Waals surface area contributed by atoms with Gasteiger partial charge in [0.2, 0.25) is 11.8 Å². The van der Waals surface area contributed by atoms with Crippen LogP contribution in [0.15, 0.2) is 54.6 Å². The Kier molecular flexibility index (Phi) is 6.75. The zero-order valence-corrected chi connectivity index (χ0v) is 15.2. The van der Waals surface area contributed by atoms with Gasteiger partial charge < -0.3 is 10.2 Å². The van der Waals surface area contributed by atoms with Gasteiger partial charge in [0.1, 0.15) is 6.04 Å². The molecule has 0 aliphatic heterocycles. The third kappa shape index (κ3) is 4.92. The number of nitrogens with one attached hydrogen (secondary N) is 1. The highest BCUT2D eigenvalue weighted by atomic mass is 16.2. The first kappa shape index (κ1) is 18.7. The molecule has 0 heterocycles. The average Bonchev–Trinajstić information content (AvgIpc) is 2.63. The van der Waals surface area contributed by atoms with Gasteiger partial charge in [0.25, 0.3) is 0 Å². The van der Waals surface area contributed by atoms with Gasteiger partial charge in [-0.15, -0.1) is 0 Å². The summed E-state index contributed by atoms with van der Waals surface area (Å²) in [4.78, 5) is 27.0. The number of rotatable bonds is 7. The van der Waals surface area contributed by atoms with Crippen LogP contribution in [0.4, 0.5) is 0 Å². The maximum Gasteiger partial charge on any atom is 0.242 e. The van der Waals surface area contributed by atoms with Gasteiger partial charge in [0, 0.05) is 13.6 Å². The molecule has 2 aromatic carbocycles. The van der Waals surface area contributed by atoms with Crippen molar-refractivity contribution in [2.45, 2.75) is 39.3 Å². The third-order valence-corrected chi connectivity index (χ3v) is 4.43. The van der Waals surface area contributed by atoms with Crippen LogP contribution < -0.4 is 5.32 Å². The van der Waals surface area contributed by atoms with E-state index in [9.17, 15) is 9.59 Å². The zero-order valence-electron chi connectivity index (χ0n) is 15.2. The minimum Gasteiger partial charge on any atom is -0.357 e. The standard InChI is InChI=1S/C21H26N2O2/c1-4-19(21(25)22-3)23(15-18-13-9-8-10-16(18)2)20(24)14-17-11-6-5-7-12-17/h5-13,19H,4,14-15H2,1-3H3,(H,22,25)/t19-/m0/s1. The van der Waals surface area contributed by atoms with Crippen molar-refractivity contribution in [1.29, 1.82) is 0 Å². The van der Waals surface area contributed by atoms with Crippen molar-refractivity contribution in [3.05, 3.63) is 71.3 Å². The van der Waals surface area contributed by atoms with Crippen LogP contribution in [0.5, 0.6) is 0 Å². The van der Waals surface area contributed by atoms with Crippen LogP contribution in [0, 0.1) is 6.92 Å². The smallest absolute Gasteiger partial charge is 0.242 e. The van der Waals surface area contributed by atoms with E-state index in [0.29, 0.717) is 19.4 Å². The molecular formula is C21H26N2O2. The maximum absolute atomic E-state index is 13.0. The van der Waals surface area contributed by atoms with Crippen molar-refractivity contribution in [1.82, 2.24) is 10.2 Å². The summed E-state index contributed by atoms with van der Waals surface area (Å²) in [5, 5.41) is 2.68. The molecule has 4 heteroatoms. The molecule has 0 aliphatic carbocycles. The lowest BCUT2D eigenvalue weighted by Gasteiger charge is -2.30. The topological polar surface area (TPSA) is 49.4 Å². The van der Waals surface area contributed by atoms with Crippen LogP contribution in [0.3, 0.4) is 0 Å². The Morgan fingerprint density at radius 1 is 1.04 bits per heavy atom. The highest BCUT2D eigenvalue weighted by Crippen LogP contribution is 2.17. The van der Waals surface area contributed by atoms with Gasteiger partial charge in [-0.1, -0.05) is 61.5 Å². The van der Waals surface area contributed by atoms with E-state index in [-0.39, 0.29) is 11.8 Å². The van der Waals surface area contributed by atoms with Crippen LogP contribution in [0.1, 0.15) is 30.0 Å². The van der Waals surface area contributed by atoms with Crippen molar-refractivity contribution in [3.8, 4) is 0 Å². The molecule has 0 bridgehead atoms. The molecule has 0 fully saturated rings. The number of likely N-dealkylation sites (N-methyl/N-ethyl adjacent to an activating group) is 1. The number of carbonyl (C=O) groups is 2. The molecule has 0 spiro atoms. The van der Waals surface area contributed by atoms with Crippen LogP contribution >= 0.6 is 0 Å². The molecule has 0 aromatic heterocycles. The number of aryl methyl sites for hydroxylation is 1. The summed E-state index contributed by atoms with van der Waals surface area (Å²) in [6.07, 6.45) is 0.867. The second-order valence-corrected chi connectivity index (χ2v) is 6.15. The van der Waals surface area contributed by atoms with E-state index in [1.54, 1.807) is 11.9 Å². The van der Waals surface area contributed by atoms with Crippen molar-refractivity contribution in [2.75, 3.05) is 7.05 Å². The van der Waals surface area contributed by atoms with Crippen molar-refractivity contribution >= 4 is 11.8 Å². The normalized spacial score (nSPS) is 11.6. The van der Waals surface area contributed by atoms with E-state index >= 15 is 0 Å². The molecule has 132 valence electrons. The molecule has 0 unspecified atom stereocenters. The summed E-state index contributed by atoms with van der Waals surface area (Å²) in [6, 6.07) is 17.1. The first-order valence-electron chi connectivity index (χ1n) is 8.66. The predicted molar refractivity (Wildman–Crippen MR) is 100 cm³/mol. The van der Waals surface area contributed by atoms with Crippen molar-refractivity contribution < 1.29 is 9.59 Å². The minimum absolute atomic E-state index is 0.0371. The van der Waals surface area contributed by atoms with Gasteiger partial charge in [0.05, 0.1) is 6.42 Å². The Labute approximate surface area is 149 Å². The Morgan fingerprint density at radius 3 is 2.28 bits per heavy atom.